The van der Waals surface area contributed by atoms with Gasteiger partial charge < -0.3 is 28.8 Å². The van der Waals surface area contributed by atoms with Crippen molar-refractivity contribution in [2.45, 2.75) is 30.7 Å². The van der Waals surface area contributed by atoms with Gasteiger partial charge in [-0.15, -0.1) is 0 Å². The van der Waals surface area contributed by atoms with Gasteiger partial charge in [-0.1, -0.05) is 72.8 Å². The molecule has 5 rings (SSSR count). The zero-order valence-electron chi connectivity index (χ0n) is 23.3. The summed E-state index contributed by atoms with van der Waals surface area (Å²) >= 11 is 0. The Morgan fingerprint density at radius 1 is 0.477 bits per heavy atom. The first-order chi connectivity index (χ1) is 21.4. The van der Waals surface area contributed by atoms with E-state index in [2.05, 4.69) is 0 Å². The Morgan fingerprint density at radius 3 is 1.16 bits per heavy atom. The molecule has 1 saturated heterocycles. The molecule has 5 atom stereocenters. The van der Waals surface area contributed by atoms with Crippen LogP contribution in [0.3, 0.4) is 0 Å². The fourth-order valence-corrected chi connectivity index (χ4v) is 4.57. The third-order valence-corrected chi connectivity index (χ3v) is 6.76. The number of ether oxygens (including phenoxy) is 5. The van der Waals surface area contributed by atoms with Crippen LogP contribution in [0.25, 0.3) is 0 Å². The quantitative estimate of drug-likeness (QED) is 0.221. The minimum absolute atomic E-state index is 0.149. The number of aliphatic hydroxyl groups is 1. The number of aliphatic hydroxyl groups excluding tert-OH is 1. The van der Waals surface area contributed by atoms with Gasteiger partial charge in [0.15, 0.2) is 12.2 Å². The summed E-state index contributed by atoms with van der Waals surface area (Å²) in [5, 5.41) is 10.3. The van der Waals surface area contributed by atoms with Crippen LogP contribution in [0, 0.1) is 0 Å². The van der Waals surface area contributed by atoms with Crippen LogP contribution in [-0.2, 0) is 23.7 Å². The maximum absolute atomic E-state index is 13.3. The molecule has 1 aliphatic heterocycles. The summed E-state index contributed by atoms with van der Waals surface area (Å²) in [5.74, 6) is -3.34. The second-order valence-corrected chi connectivity index (χ2v) is 9.70. The number of esters is 4. The summed E-state index contributed by atoms with van der Waals surface area (Å²) in [5.41, 5.74) is 0.641. The van der Waals surface area contributed by atoms with Crippen molar-refractivity contribution in [3.8, 4) is 0 Å². The van der Waals surface area contributed by atoms with Gasteiger partial charge in [-0.25, -0.2) is 19.2 Å². The highest BCUT2D eigenvalue weighted by Gasteiger charge is 2.54. The van der Waals surface area contributed by atoms with Crippen molar-refractivity contribution in [3.63, 3.8) is 0 Å². The van der Waals surface area contributed by atoms with E-state index in [1.807, 2.05) is 0 Å². The van der Waals surface area contributed by atoms with Crippen molar-refractivity contribution in [2.75, 3.05) is 6.61 Å². The highest BCUT2D eigenvalue weighted by atomic mass is 16.7. The van der Waals surface area contributed by atoms with Crippen LogP contribution in [0.15, 0.2) is 121 Å². The van der Waals surface area contributed by atoms with Crippen LogP contribution in [0.2, 0.25) is 0 Å². The zero-order valence-corrected chi connectivity index (χ0v) is 23.3. The second kappa shape index (κ2) is 14.2. The molecule has 10 heteroatoms. The predicted molar refractivity (Wildman–Crippen MR) is 155 cm³/mol. The van der Waals surface area contributed by atoms with E-state index in [1.165, 1.54) is 48.5 Å². The molecule has 1 N–H and O–H groups in total. The number of hydrogen-bond acceptors (Lipinski definition) is 10. The molecule has 44 heavy (non-hydrogen) atoms. The average Bonchev–Trinajstić information content (AvgIpc) is 3.08. The molecule has 0 amide bonds. The van der Waals surface area contributed by atoms with Gasteiger partial charge in [0, 0.05) is 0 Å². The number of rotatable bonds is 9. The Labute approximate surface area is 252 Å². The van der Waals surface area contributed by atoms with Crippen LogP contribution in [-0.4, -0.2) is 66.3 Å². The number of carbonyl (C=O) groups is 4. The fraction of sp³-hybridized carbons (Fsp3) is 0.176. The predicted octanol–water partition coefficient (Wildman–Crippen LogP) is 4.24. The Morgan fingerprint density at radius 2 is 0.795 bits per heavy atom. The standard InChI is InChI=1S/C34H28O10/c35-21-26-27(41-30(36)22-13-5-1-6-14-22)28(42-31(37)23-15-7-2-8-16-23)29(43-32(38)24-17-9-3-10-18-24)34(40-26)44-33(39)25-19-11-4-12-20-25/h1-20,26-29,34-35H,21H2/t26-,27-,28+,29+,34?/m1/s1. The minimum Gasteiger partial charge on any atom is -0.452 e. The first-order valence-corrected chi connectivity index (χ1v) is 13.7. The molecule has 4 aromatic rings. The molecule has 0 saturated carbocycles. The van der Waals surface area contributed by atoms with Gasteiger partial charge in [0.05, 0.1) is 28.9 Å². The van der Waals surface area contributed by atoms with Crippen LogP contribution in [0.5, 0.6) is 0 Å². The summed E-state index contributed by atoms with van der Waals surface area (Å²) < 4.78 is 28.9. The fourth-order valence-electron chi connectivity index (χ4n) is 4.57. The lowest BCUT2D eigenvalue weighted by Gasteiger charge is -2.43. The normalized spacial score (nSPS) is 21.0. The van der Waals surface area contributed by atoms with Gasteiger partial charge in [0.25, 0.3) is 0 Å². The summed E-state index contributed by atoms with van der Waals surface area (Å²) in [4.78, 5) is 52.9. The maximum atomic E-state index is 13.3. The van der Waals surface area contributed by atoms with E-state index in [0.717, 1.165) is 0 Å². The molecule has 1 aliphatic rings. The highest BCUT2D eigenvalue weighted by molar-refractivity contribution is 5.92. The van der Waals surface area contributed by atoms with Gasteiger partial charge in [-0.05, 0) is 48.5 Å². The van der Waals surface area contributed by atoms with E-state index in [0.29, 0.717) is 0 Å². The highest BCUT2D eigenvalue weighted by Crippen LogP contribution is 2.31. The molecule has 1 heterocycles. The maximum Gasteiger partial charge on any atom is 0.340 e. The molecule has 4 aromatic carbocycles. The third-order valence-electron chi connectivity index (χ3n) is 6.76. The second-order valence-electron chi connectivity index (χ2n) is 9.70. The molecule has 10 nitrogen and oxygen atoms in total. The van der Waals surface area contributed by atoms with Crippen LogP contribution < -0.4 is 0 Å². The van der Waals surface area contributed by atoms with Crippen LogP contribution >= 0.6 is 0 Å². The molecule has 224 valence electrons. The lowest BCUT2D eigenvalue weighted by molar-refractivity contribution is -0.283. The smallest absolute Gasteiger partial charge is 0.340 e. The number of benzene rings is 4. The summed E-state index contributed by atoms with van der Waals surface area (Å²) in [6.45, 7) is -0.731. The van der Waals surface area contributed by atoms with Crippen molar-refractivity contribution < 1.29 is 48.0 Å². The molecular weight excluding hydrogens is 568 g/mol. The first kappa shape index (κ1) is 30.1. The molecule has 0 aromatic heterocycles. The number of carbonyl (C=O) groups excluding carboxylic acids is 4. The molecule has 0 spiro atoms. The van der Waals surface area contributed by atoms with E-state index in [1.54, 1.807) is 72.8 Å². The third kappa shape index (κ3) is 7.17. The summed E-state index contributed by atoms with van der Waals surface area (Å²) in [7, 11) is 0. The van der Waals surface area contributed by atoms with Crippen LogP contribution in [0.1, 0.15) is 41.4 Å². The molecular formula is C34H28O10. The SMILES string of the molecule is O=C(OC1O[C@H](CO)[C@@H](OC(=O)c2ccccc2)[C@H](OC(=O)c2ccccc2)[C@@H]1OC(=O)c1ccccc1)c1ccccc1. The van der Waals surface area contributed by atoms with Gasteiger partial charge >= 0.3 is 23.9 Å². The van der Waals surface area contributed by atoms with Crippen molar-refractivity contribution in [2.24, 2.45) is 0 Å². The van der Waals surface area contributed by atoms with E-state index in [9.17, 15) is 24.3 Å². The average molecular weight is 597 g/mol. The van der Waals surface area contributed by atoms with E-state index >= 15 is 0 Å². The monoisotopic (exact) mass is 596 g/mol. The summed E-state index contributed by atoms with van der Waals surface area (Å²) in [6, 6.07) is 32.0. The molecule has 0 aliphatic carbocycles. The van der Waals surface area contributed by atoms with Crippen molar-refractivity contribution in [1.29, 1.82) is 0 Å². The zero-order chi connectivity index (χ0) is 30.9. The first-order valence-electron chi connectivity index (χ1n) is 13.7. The molecule has 1 unspecified atom stereocenters. The summed E-state index contributed by atoms with van der Waals surface area (Å²) in [6.07, 6.45) is -7.72. The van der Waals surface area contributed by atoms with E-state index in [-0.39, 0.29) is 22.3 Å². The Hall–Kier alpha value is -5.32. The van der Waals surface area contributed by atoms with Crippen LogP contribution in [0.4, 0.5) is 0 Å². The lowest BCUT2D eigenvalue weighted by atomic mass is 9.97. The van der Waals surface area contributed by atoms with Gasteiger partial charge in [-0.2, -0.15) is 0 Å². The van der Waals surface area contributed by atoms with Crippen molar-refractivity contribution in [3.05, 3.63) is 144 Å². The lowest BCUT2D eigenvalue weighted by Crippen LogP contribution is -2.63. The molecule has 0 radical (unpaired) electrons. The van der Waals surface area contributed by atoms with Gasteiger partial charge in [0.1, 0.15) is 6.10 Å². The van der Waals surface area contributed by atoms with Gasteiger partial charge in [0.2, 0.25) is 12.4 Å². The Kier molecular flexibility index (Phi) is 9.75. The van der Waals surface area contributed by atoms with E-state index in [4.69, 9.17) is 23.7 Å². The minimum atomic E-state index is -1.67. The topological polar surface area (TPSA) is 135 Å². The Bertz CT molecular complexity index is 1560. The van der Waals surface area contributed by atoms with Crippen molar-refractivity contribution in [1.82, 2.24) is 0 Å². The van der Waals surface area contributed by atoms with Crippen molar-refractivity contribution >= 4 is 23.9 Å². The largest absolute Gasteiger partial charge is 0.452 e. The van der Waals surface area contributed by atoms with E-state index < -0.39 is 61.2 Å². The molecule has 0 bridgehead atoms. The number of hydrogen-bond donors (Lipinski definition) is 1. The molecule has 1 fully saturated rings. The van der Waals surface area contributed by atoms with Gasteiger partial charge in [-0.3, -0.25) is 0 Å². The Balaban J connectivity index is 1.54.